The second-order valence-electron chi connectivity index (χ2n) is 5.29. The molecular weight excluding hydrogens is 306 g/mol. The van der Waals surface area contributed by atoms with Gasteiger partial charge in [-0.05, 0) is 43.3 Å². The first-order chi connectivity index (χ1) is 10.4. The van der Waals surface area contributed by atoms with E-state index in [9.17, 15) is 14.7 Å². The lowest BCUT2D eigenvalue weighted by Gasteiger charge is -2.28. The van der Waals surface area contributed by atoms with Gasteiger partial charge in [0.1, 0.15) is 11.6 Å². The molecule has 0 spiro atoms. The van der Waals surface area contributed by atoms with Crippen LogP contribution in [0.1, 0.15) is 18.7 Å². The SMILES string of the molecule is CC1(C(O)c2cccn2-c2ccc(Cl)cc2)NC(=O)NC1=O. The Morgan fingerprint density at radius 1 is 1.23 bits per heavy atom. The minimum atomic E-state index is -1.42. The number of amides is 3. The first kappa shape index (κ1) is 14.6. The number of nitrogens with zero attached hydrogens (tertiary/aromatic N) is 1. The number of rotatable bonds is 3. The van der Waals surface area contributed by atoms with E-state index in [2.05, 4.69) is 10.6 Å². The Morgan fingerprint density at radius 2 is 1.91 bits per heavy atom. The molecule has 0 saturated carbocycles. The van der Waals surface area contributed by atoms with Gasteiger partial charge in [0.2, 0.25) is 0 Å². The first-order valence-corrected chi connectivity index (χ1v) is 7.04. The molecule has 3 amide bonds. The number of nitrogens with one attached hydrogen (secondary N) is 2. The Balaban J connectivity index is 2.00. The van der Waals surface area contributed by atoms with Crippen LogP contribution in [0.25, 0.3) is 5.69 Å². The molecule has 0 bridgehead atoms. The van der Waals surface area contributed by atoms with Crippen LogP contribution in [-0.2, 0) is 4.79 Å². The normalized spacial score (nSPS) is 22.3. The van der Waals surface area contributed by atoms with Gasteiger partial charge in [0.05, 0.1) is 5.69 Å². The van der Waals surface area contributed by atoms with Crippen molar-refractivity contribution in [2.45, 2.75) is 18.6 Å². The van der Waals surface area contributed by atoms with Gasteiger partial charge in [-0.15, -0.1) is 0 Å². The Hall–Kier alpha value is -2.31. The van der Waals surface area contributed by atoms with Crippen LogP contribution < -0.4 is 10.6 Å². The van der Waals surface area contributed by atoms with Crippen molar-refractivity contribution in [1.29, 1.82) is 0 Å². The molecule has 114 valence electrons. The topological polar surface area (TPSA) is 83.4 Å². The maximum absolute atomic E-state index is 12.0. The maximum atomic E-state index is 12.0. The van der Waals surface area contributed by atoms with Crippen LogP contribution in [0, 0.1) is 0 Å². The van der Waals surface area contributed by atoms with Gasteiger partial charge >= 0.3 is 6.03 Å². The number of hydrogen-bond acceptors (Lipinski definition) is 3. The van der Waals surface area contributed by atoms with Gasteiger partial charge in [-0.3, -0.25) is 10.1 Å². The lowest BCUT2D eigenvalue weighted by atomic mass is 9.92. The Kier molecular flexibility index (Phi) is 3.42. The highest BCUT2D eigenvalue weighted by atomic mass is 35.5. The lowest BCUT2D eigenvalue weighted by molar-refractivity contribution is -0.127. The minimum Gasteiger partial charge on any atom is -0.384 e. The molecule has 1 aromatic carbocycles. The van der Waals surface area contributed by atoms with E-state index in [4.69, 9.17) is 11.6 Å². The lowest BCUT2D eigenvalue weighted by Crippen LogP contribution is -2.49. The van der Waals surface area contributed by atoms with E-state index < -0.39 is 23.6 Å². The zero-order chi connectivity index (χ0) is 15.9. The van der Waals surface area contributed by atoms with Crippen molar-refractivity contribution in [1.82, 2.24) is 15.2 Å². The van der Waals surface area contributed by atoms with Gasteiger partial charge in [0.25, 0.3) is 5.91 Å². The molecule has 2 unspecified atom stereocenters. The van der Waals surface area contributed by atoms with E-state index in [1.807, 2.05) is 0 Å². The number of urea groups is 1. The summed E-state index contributed by atoms with van der Waals surface area (Å²) in [6.45, 7) is 1.48. The fourth-order valence-electron chi connectivity index (χ4n) is 2.50. The first-order valence-electron chi connectivity index (χ1n) is 6.66. The highest BCUT2D eigenvalue weighted by molar-refractivity contribution is 6.30. The predicted octanol–water partition coefficient (Wildman–Crippen LogP) is 1.76. The van der Waals surface area contributed by atoms with Gasteiger partial charge in [0, 0.05) is 16.9 Å². The number of carbonyl (C=O) groups excluding carboxylic acids is 2. The number of aliphatic hydroxyl groups excluding tert-OH is 1. The van der Waals surface area contributed by atoms with Crippen LogP contribution in [0.15, 0.2) is 42.6 Å². The van der Waals surface area contributed by atoms with Crippen LogP contribution in [0.4, 0.5) is 4.79 Å². The fraction of sp³-hybridized carbons (Fsp3) is 0.200. The van der Waals surface area contributed by atoms with E-state index in [-0.39, 0.29) is 0 Å². The molecule has 0 radical (unpaired) electrons. The van der Waals surface area contributed by atoms with E-state index in [0.29, 0.717) is 10.7 Å². The highest BCUT2D eigenvalue weighted by Crippen LogP contribution is 2.30. The minimum absolute atomic E-state index is 0.488. The summed E-state index contributed by atoms with van der Waals surface area (Å²) in [4.78, 5) is 23.3. The Bertz CT molecular complexity index is 741. The predicted molar refractivity (Wildman–Crippen MR) is 80.8 cm³/mol. The number of halogens is 1. The second-order valence-corrected chi connectivity index (χ2v) is 5.73. The summed E-state index contributed by atoms with van der Waals surface area (Å²) in [7, 11) is 0. The molecule has 2 aromatic rings. The molecule has 2 atom stereocenters. The summed E-state index contributed by atoms with van der Waals surface area (Å²) in [5, 5.41) is 15.8. The average Bonchev–Trinajstić information content (AvgIpc) is 3.05. The molecule has 2 heterocycles. The maximum Gasteiger partial charge on any atom is 0.322 e. The van der Waals surface area contributed by atoms with Gasteiger partial charge in [-0.25, -0.2) is 4.79 Å². The van der Waals surface area contributed by atoms with Crippen LogP contribution >= 0.6 is 11.6 Å². The molecule has 3 N–H and O–H groups in total. The summed E-state index contributed by atoms with van der Waals surface area (Å²) in [5.41, 5.74) is -0.140. The van der Waals surface area contributed by atoms with Gasteiger partial charge in [-0.2, -0.15) is 0 Å². The van der Waals surface area contributed by atoms with Crippen molar-refractivity contribution in [3.05, 3.63) is 53.3 Å². The van der Waals surface area contributed by atoms with Crippen molar-refractivity contribution in [3.63, 3.8) is 0 Å². The van der Waals surface area contributed by atoms with E-state index in [1.54, 1.807) is 47.2 Å². The van der Waals surface area contributed by atoms with E-state index in [0.717, 1.165) is 5.69 Å². The molecule has 7 heteroatoms. The number of carbonyl (C=O) groups is 2. The standard InChI is InChI=1S/C15H14ClN3O3/c1-15(13(21)17-14(22)18-15)12(20)11-3-2-8-19(11)10-6-4-9(16)5-7-10/h2-8,12,20H,1H3,(H2,17,18,21,22). The summed E-state index contributed by atoms with van der Waals surface area (Å²) in [5.74, 6) is -0.561. The number of aliphatic hydroxyl groups is 1. The summed E-state index contributed by atoms with van der Waals surface area (Å²) < 4.78 is 1.74. The summed E-state index contributed by atoms with van der Waals surface area (Å²) in [6.07, 6.45) is 0.560. The van der Waals surface area contributed by atoms with Crippen LogP contribution in [-0.4, -0.2) is 27.2 Å². The van der Waals surface area contributed by atoms with E-state index in [1.165, 1.54) is 6.92 Å². The van der Waals surface area contributed by atoms with Gasteiger partial charge in [-0.1, -0.05) is 11.6 Å². The summed E-state index contributed by atoms with van der Waals surface area (Å²) in [6, 6.07) is 9.91. The smallest absolute Gasteiger partial charge is 0.322 e. The van der Waals surface area contributed by atoms with Crippen molar-refractivity contribution >= 4 is 23.5 Å². The van der Waals surface area contributed by atoms with Crippen LogP contribution in [0.3, 0.4) is 0 Å². The largest absolute Gasteiger partial charge is 0.384 e. The monoisotopic (exact) mass is 319 g/mol. The summed E-state index contributed by atoms with van der Waals surface area (Å²) >= 11 is 5.88. The quantitative estimate of drug-likeness (QED) is 0.754. The molecule has 6 nitrogen and oxygen atoms in total. The third kappa shape index (κ3) is 2.26. The van der Waals surface area contributed by atoms with Gasteiger partial charge in [0.15, 0.2) is 0 Å². The molecule has 1 aliphatic rings. The highest BCUT2D eigenvalue weighted by Gasteiger charge is 2.49. The third-order valence-corrected chi connectivity index (χ3v) is 4.04. The Morgan fingerprint density at radius 3 is 2.50 bits per heavy atom. The van der Waals surface area contributed by atoms with E-state index >= 15 is 0 Å². The third-order valence-electron chi connectivity index (χ3n) is 3.78. The van der Waals surface area contributed by atoms with Gasteiger partial charge < -0.3 is 15.0 Å². The van der Waals surface area contributed by atoms with Crippen LogP contribution in [0.5, 0.6) is 0 Å². The second kappa shape index (κ2) is 5.15. The molecule has 0 aliphatic carbocycles. The molecule has 1 fully saturated rings. The number of imide groups is 1. The van der Waals surface area contributed by atoms with Crippen LogP contribution in [0.2, 0.25) is 5.02 Å². The molecule has 22 heavy (non-hydrogen) atoms. The zero-order valence-electron chi connectivity index (χ0n) is 11.7. The average molecular weight is 320 g/mol. The number of hydrogen-bond donors (Lipinski definition) is 3. The number of benzene rings is 1. The molecule has 3 rings (SSSR count). The molecule has 1 saturated heterocycles. The molecule has 1 aliphatic heterocycles. The van der Waals surface area contributed by atoms with Crippen molar-refractivity contribution in [2.24, 2.45) is 0 Å². The zero-order valence-corrected chi connectivity index (χ0v) is 12.5. The Labute approximate surface area is 131 Å². The van der Waals surface area contributed by atoms with Crippen molar-refractivity contribution in [2.75, 3.05) is 0 Å². The number of aromatic nitrogens is 1. The van der Waals surface area contributed by atoms with Crippen molar-refractivity contribution < 1.29 is 14.7 Å². The fourth-order valence-corrected chi connectivity index (χ4v) is 2.62. The molecular formula is C15H14ClN3O3. The molecule has 1 aromatic heterocycles. The van der Waals surface area contributed by atoms with Crippen molar-refractivity contribution in [3.8, 4) is 5.69 Å².